The van der Waals surface area contributed by atoms with Gasteiger partial charge in [0.1, 0.15) is 0 Å². The predicted octanol–water partition coefficient (Wildman–Crippen LogP) is 2.68. The first-order valence-electron chi connectivity index (χ1n) is 7.68. The molecule has 1 unspecified atom stereocenters. The first-order valence-corrected chi connectivity index (χ1v) is 7.68. The number of nitrogens with one attached hydrogen (secondary N) is 2. The van der Waals surface area contributed by atoms with Crippen molar-refractivity contribution in [3.63, 3.8) is 0 Å². The second kappa shape index (κ2) is 6.27. The van der Waals surface area contributed by atoms with Gasteiger partial charge < -0.3 is 15.5 Å². The van der Waals surface area contributed by atoms with E-state index < -0.39 is 0 Å². The van der Waals surface area contributed by atoms with Crippen molar-refractivity contribution >= 4 is 11.7 Å². The standard InChI is InChI=1S/C16H23N3O/c20-16(18-14-5-2-1-3-6-14)19-12-4-7-15(19)13-8-10-17-11-9-13/h1-3,5-6,13,15,17H,4,7-12H2,(H,18,20). The van der Waals surface area contributed by atoms with Crippen molar-refractivity contribution in [2.45, 2.75) is 31.7 Å². The van der Waals surface area contributed by atoms with Crippen molar-refractivity contribution < 1.29 is 4.79 Å². The largest absolute Gasteiger partial charge is 0.322 e. The van der Waals surface area contributed by atoms with E-state index in [4.69, 9.17) is 0 Å². The zero-order valence-electron chi connectivity index (χ0n) is 11.8. The summed E-state index contributed by atoms with van der Waals surface area (Å²) in [6, 6.07) is 10.2. The smallest absolute Gasteiger partial charge is 0.321 e. The Bertz CT molecular complexity index is 442. The minimum atomic E-state index is 0.0669. The topological polar surface area (TPSA) is 44.4 Å². The molecule has 1 aromatic carbocycles. The normalized spacial score (nSPS) is 23.8. The summed E-state index contributed by atoms with van der Waals surface area (Å²) in [6.07, 6.45) is 4.68. The molecule has 0 aliphatic carbocycles. The molecule has 1 aromatic rings. The van der Waals surface area contributed by atoms with E-state index in [-0.39, 0.29) is 6.03 Å². The van der Waals surface area contributed by atoms with Gasteiger partial charge in [-0.15, -0.1) is 0 Å². The summed E-state index contributed by atoms with van der Waals surface area (Å²) < 4.78 is 0. The van der Waals surface area contributed by atoms with Gasteiger partial charge in [-0.05, 0) is 56.8 Å². The molecule has 0 spiro atoms. The highest BCUT2D eigenvalue weighted by molar-refractivity contribution is 5.89. The van der Waals surface area contributed by atoms with E-state index in [0.717, 1.165) is 38.2 Å². The molecule has 4 heteroatoms. The lowest BCUT2D eigenvalue weighted by atomic mass is 9.89. The molecule has 0 aromatic heterocycles. The lowest BCUT2D eigenvalue weighted by Crippen LogP contribution is -2.45. The number of rotatable bonds is 2. The van der Waals surface area contributed by atoms with Crippen LogP contribution in [0.15, 0.2) is 30.3 Å². The molecular weight excluding hydrogens is 250 g/mol. The minimum Gasteiger partial charge on any atom is -0.321 e. The maximum Gasteiger partial charge on any atom is 0.322 e. The Morgan fingerprint density at radius 3 is 2.65 bits per heavy atom. The summed E-state index contributed by atoms with van der Waals surface area (Å²) in [7, 11) is 0. The molecular formula is C16H23N3O. The van der Waals surface area contributed by atoms with Gasteiger partial charge in [-0.25, -0.2) is 4.79 Å². The zero-order chi connectivity index (χ0) is 13.8. The Labute approximate surface area is 120 Å². The summed E-state index contributed by atoms with van der Waals surface area (Å²) in [6.45, 7) is 3.08. The van der Waals surface area contributed by atoms with Crippen molar-refractivity contribution in [2.75, 3.05) is 25.0 Å². The van der Waals surface area contributed by atoms with Crippen molar-refractivity contribution in [3.05, 3.63) is 30.3 Å². The monoisotopic (exact) mass is 273 g/mol. The average molecular weight is 273 g/mol. The van der Waals surface area contributed by atoms with Crippen molar-refractivity contribution in [1.82, 2.24) is 10.2 Å². The van der Waals surface area contributed by atoms with Crippen LogP contribution in [-0.4, -0.2) is 36.6 Å². The molecule has 0 saturated carbocycles. The number of carbonyl (C=O) groups excluding carboxylic acids is 1. The van der Waals surface area contributed by atoms with Crippen molar-refractivity contribution in [1.29, 1.82) is 0 Å². The van der Waals surface area contributed by atoms with E-state index in [2.05, 4.69) is 15.5 Å². The van der Waals surface area contributed by atoms with Gasteiger partial charge in [0.25, 0.3) is 0 Å². The predicted molar refractivity (Wildman–Crippen MR) is 80.8 cm³/mol. The quantitative estimate of drug-likeness (QED) is 0.870. The minimum absolute atomic E-state index is 0.0669. The molecule has 0 radical (unpaired) electrons. The van der Waals surface area contributed by atoms with Crippen LogP contribution in [0.2, 0.25) is 0 Å². The molecule has 2 N–H and O–H groups in total. The summed E-state index contributed by atoms with van der Waals surface area (Å²) in [5, 5.41) is 6.43. The Morgan fingerprint density at radius 1 is 1.15 bits per heavy atom. The lowest BCUT2D eigenvalue weighted by Gasteiger charge is -2.34. The molecule has 108 valence electrons. The molecule has 2 amide bonds. The average Bonchev–Trinajstić information content (AvgIpc) is 2.99. The van der Waals surface area contributed by atoms with E-state index in [1.54, 1.807) is 0 Å². The van der Waals surface area contributed by atoms with Crippen LogP contribution in [0.1, 0.15) is 25.7 Å². The summed E-state index contributed by atoms with van der Waals surface area (Å²) in [5.74, 6) is 0.667. The molecule has 1 atom stereocenters. The zero-order valence-corrected chi connectivity index (χ0v) is 11.8. The van der Waals surface area contributed by atoms with E-state index in [0.29, 0.717) is 12.0 Å². The van der Waals surface area contributed by atoms with E-state index in [1.807, 2.05) is 30.3 Å². The van der Waals surface area contributed by atoms with Gasteiger partial charge in [0.05, 0.1) is 0 Å². The number of likely N-dealkylation sites (tertiary alicyclic amines) is 1. The molecule has 3 rings (SSSR count). The van der Waals surface area contributed by atoms with Gasteiger partial charge in [-0.2, -0.15) is 0 Å². The van der Waals surface area contributed by atoms with Crippen LogP contribution in [0.3, 0.4) is 0 Å². The second-order valence-corrected chi connectivity index (χ2v) is 5.79. The summed E-state index contributed by atoms with van der Waals surface area (Å²) in [5.41, 5.74) is 0.883. The Morgan fingerprint density at radius 2 is 1.90 bits per heavy atom. The first kappa shape index (κ1) is 13.4. The summed E-state index contributed by atoms with van der Waals surface area (Å²) in [4.78, 5) is 14.5. The van der Waals surface area contributed by atoms with E-state index in [9.17, 15) is 4.79 Å². The van der Waals surface area contributed by atoms with Gasteiger partial charge >= 0.3 is 6.03 Å². The molecule has 2 heterocycles. The number of piperidine rings is 1. The maximum atomic E-state index is 12.5. The number of para-hydroxylation sites is 1. The molecule has 0 bridgehead atoms. The number of hydrogen-bond acceptors (Lipinski definition) is 2. The number of nitrogens with zero attached hydrogens (tertiary/aromatic N) is 1. The third-order valence-electron chi connectivity index (χ3n) is 4.51. The number of amides is 2. The fourth-order valence-electron chi connectivity index (χ4n) is 3.48. The Hall–Kier alpha value is -1.55. The molecule has 2 aliphatic heterocycles. The van der Waals surface area contributed by atoms with Gasteiger partial charge in [0.15, 0.2) is 0 Å². The second-order valence-electron chi connectivity index (χ2n) is 5.79. The van der Waals surface area contributed by atoms with Gasteiger partial charge in [0.2, 0.25) is 0 Å². The maximum absolute atomic E-state index is 12.5. The van der Waals surface area contributed by atoms with Crippen LogP contribution >= 0.6 is 0 Å². The number of carbonyl (C=O) groups is 1. The first-order chi connectivity index (χ1) is 9.84. The number of hydrogen-bond donors (Lipinski definition) is 2. The number of anilines is 1. The van der Waals surface area contributed by atoms with Gasteiger partial charge in [-0.3, -0.25) is 0 Å². The SMILES string of the molecule is O=C(Nc1ccccc1)N1CCCC1C1CCNCC1. The molecule has 2 saturated heterocycles. The van der Waals surface area contributed by atoms with E-state index in [1.165, 1.54) is 12.8 Å². The third-order valence-corrected chi connectivity index (χ3v) is 4.51. The lowest BCUT2D eigenvalue weighted by molar-refractivity contribution is 0.170. The molecule has 2 fully saturated rings. The van der Waals surface area contributed by atoms with Crippen molar-refractivity contribution in [3.8, 4) is 0 Å². The third kappa shape index (κ3) is 2.96. The highest BCUT2D eigenvalue weighted by Gasteiger charge is 2.35. The van der Waals surface area contributed by atoms with Crippen LogP contribution in [0.25, 0.3) is 0 Å². The fourth-order valence-corrected chi connectivity index (χ4v) is 3.48. The fraction of sp³-hybridized carbons (Fsp3) is 0.562. The molecule has 2 aliphatic rings. The van der Waals surface area contributed by atoms with Crippen LogP contribution < -0.4 is 10.6 Å². The van der Waals surface area contributed by atoms with Crippen LogP contribution in [0, 0.1) is 5.92 Å². The highest BCUT2D eigenvalue weighted by Crippen LogP contribution is 2.29. The van der Waals surface area contributed by atoms with Gasteiger partial charge in [0, 0.05) is 18.3 Å². The Balaban J connectivity index is 1.64. The Kier molecular flexibility index (Phi) is 4.21. The summed E-state index contributed by atoms with van der Waals surface area (Å²) >= 11 is 0. The number of benzene rings is 1. The van der Waals surface area contributed by atoms with Crippen LogP contribution in [-0.2, 0) is 0 Å². The highest BCUT2D eigenvalue weighted by atomic mass is 16.2. The molecule has 20 heavy (non-hydrogen) atoms. The van der Waals surface area contributed by atoms with Crippen LogP contribution in [0.5, 0.6) is 0 Å². The molecule has 4 nitrogen and oxygen atoms in total. The number of urea groups is 1. The van der Waals surface area contributed by atoms with Gasteiger partial charge in [-0.1, -0.05) is 18.2 Å². The van der Waals surface area contributed by atoms with Crippen LogP contribution in [0.4, 0.5) is 10.5 Å². The van der Waals surface area contributed by atoms with E-state index >= 15 is 0 Å². The van der Waals surface area contributed by atoms with Crippen molar-refractivity contribution in [2.24, 2.45) is 5.92 Å².